The molecule has 28 heavy (non-hydrogen) atoms. The van der Waals surface area contributed by atoms with Crippen LogP contribution in [-0.4, -0.2) is 55.3 Å². The quantitative estimate of drug-likeness (QED) is 0.732. The van der Waals surface area contributed by atoms with E-state index in [-0.39, 0.29) is 10.8 Å². The van der Waals surface area contributed by atoms with E-state index in [9.17, 15) is 4.39 Å². The fourth-order valence-corrected chi connectivity index (χ4v) is 3.59. The topological polar surface area (TPSA) is 37.0 Å². The zero-order valence-corrected chi connectivity index (χ0v) is 17.4. The molecule has 2 aromatic rings. The molecular weight excluding hydrogens is 401 g/mol. The average Bonchev–Trinajstić information content (AvgIpc) is 2.71. The number of benzene rings is 2. The van der Waals surface area contributed by atoms with Crippen LogP contribution in [0.3, 0.4) is 0 Å². The zero-order chi connectivity index (χ0) is 20.1. The van der Waals surface area contributed by atoms with E-state index in [2.05, 4.69) is 15.1 Å². The molecule has 0 saturated carbocycles. The third-order valence-electron chi connectivity index (χ3n) is 4.65. The SMILES string of the molecule is COc1cc(NC(=S)N2CCN(Cc3ccc(F)c(Cl)c3)CC2)cc(OC)c1. The van der Waals surface area contributed by atoms with Crippen molar-refractivity contribution in [2.75, 3.05) is 45.7 Å². The molecular formula is C20H23ClFN3O2S. The minimum absolute atomic E-state index is 0.162. The highest BCUT2D eigenvalue weighted by atomic mass is 35.5. The van der Waals surface area contributed by atoms with E-state index in [4.69, 9.17) is 33.3 Å². The molecule has 0 spiro atoms. The van der Waals surface area contributed by atoms with Gasteiger partial charge in [-0.3, -0.25) is 4.90 Å². The summed E-state index contributed by atoms with van der Waals surface area (Å²) in [5.41, 5.74) is 1.83. The van der Waals surface area contributed by atoms with Gasteiger partial charge < -0.3 is 19.7 Å². The lowest BCUT2D eigenvalue weighted by atomic mass is 10.2. The van der Waals surface area contributed by atoms with Crippen LogP contribution < -0.4 is 14.8 Å². The van der Waals surface area contributed by atoms with Crippen molar-refractivity contribution in [1.29, 1.82) is 0 Å². The fraction of sp³-hybridized carbons (Fsp3) is 0.350. The molecule has 1 aliphatic heterocycles. The third kappa shape index (κ3) is 5.25. The normalized spacial score (nSPS) is 14.6. The number of methoxy groups -OCH3 is 2. The van der Waals surface area contributed by atoms with Crippen LogP contribution >= 0.6 is 23.8 Å². The van der Waals surface area contributed by atoms with Gasteiger partial charge in [0.2, 0.25) is 0 Å². The van der Waals surface area contributed by atoms with Crippen LogP contribution in [-0.2, 0) is 6.54 Å². The van der Waals surface area contributed by atoms with E-state index < -0.39 is 0 Å². The Balaban J connectivity index is 1.54. The summed E-state index contributed by atoms with van der Waals surface area (Å²) in [6.45, 7) is 4.07. The van der Waals surface area contributed by atoms with E-state index >= 15 is 0 Å². The molecule has 1 fully saturated rings. The molecule has 0 aliphatic carbocycles. The number of hydrogen-bond acceptors (Lipinski definition) is 4. The van der Waals surface area contributed by atoms with Crippen LogP contribution in [0.5, 0.6) is 11.5 Å². The number of anilines is 1. The number of nitrogens with zero attached hydrogens (tertiary/aromatic N) is 2. The van der Waals surface area contributed by atoms with Gasteiger partial charge in [0.15, 0.2) is 5.11 Å². The maximum atomic E-state index is 13.3. The van der Waals surface area contributed by atoms with Crippen LogP contribution in [0.1, 0.15) is 5.56 Å². The Hall–Kier alpha value is -2.09. The molecule has 0 atom stereocenters. The van der Waals surface area contributed by atoms with Gasteiger partial charge in [0.25, 0.3) is 0 Å². The first-order valence-corrected chi connectivity index (χ1v) is 9.72. The first-order chi connectivity index (χ1) is 13.5. The molecule has 5 nitrogen and oxygen atoms in total. The number of thiocarbonyl (C=S) groups is 1. The van der Waals surface area contributed by atoms with Gasteiger partial charge in [0, 0.05) is 56.6 Å². The van der Waals surface area contributed by atoms with Crippen LogP contribution in [0.2, 0.25) is 5.02 Å². The second-order valence-corrected chi connectivity index (χ2v) is 7.34. The molecule has 0 bridgehead atoms. The monoisotopic (exact) mass is 423 g/mol. The van der Waals surface area contributed by atoms with Gasteiger partial charge in [0.05, 0.1) is 19.2 Å². The summed E-state index contributed by atoms with van der Waals surface area (Å²) in [6.07, 6.45) is 0. The number of ether oxygens (including phenoxy) is 2. The van der Waals surface area contributed by atoms with Crippen LogP contribution in [0.15, 0.2) is 36.4 Å². The smallest absolute Gasteiger partial charge is 0.173 e. The summed E-state index contributed by atoms with van der Waals surface area (Å²) < 4.78 is 23.9. The van der Waals surface area contributed by atoms with Gasteiger partial charge in [-0.25, -0.2) is 4.39 Å². The van der Waals surface area contributed by atoms with E-state index in [1.165, 1.54) is 6.07 Å². The molecule has 0 unspecified atom stereocenters. The molecule has 0 amide bonds. The molecule has 0 radical (unpaired) electrons. The number of rotatable bonds is 5. The van der Waals surface area contributed by atoms with Crippen molar-refractivity contribution < 1.29 is 13.9 Å². The van der Waals surface area contributed by atoms with Crippen LogP contribution in [0, 0.1) is 5.82 Å². The second kappa shape index (κ2) is 9.41. The highest BCUT2D eigenvalue weighted by Crippen LogP contribution is 2.26. The number of hydrogen-bond donors (Lipinski definition) is 1. The summed E-state index contributed by atoms with van der Waals surface area (Å²) in [6, 6.07) is 10.4. The molecule has 1 N–H and O–H groups in total. The van der Waals surface area contributed by atoms with Crippen molar-refractivity contribution in [3.05, 3.63) is 52.8 Å². The number of nitrogens with one attached hydrogen (secondary N) is 1. The summed E-state index contributed by atoms with van der Waals surface area (Å²) in [4.78, 5) is 4.44. The molecule has 3 rings (SSSR count). The molecule has 1 saturated heterocycles. The van der Waals surface area contributed by atoms with Crippen molar-refractivity contribution in [3.8, 4) is 11.5 Å². The molecule has 150 valence electrons. The van der Waals surface area contributed by atoms with Gasteiger partial charge >= 0.3 is 0 Å². The highest BCUT2D eigenvalue weighted by Gasteiger charge is 2.19. The third-order valence-corrected chi connectivity index (χ3v) is 5.30. The maximum Gasteiger partial charge on any atom is 0.173 e. The standard InChI is InChI=1S/C20H23ClFN3O2S/c1-26-16-10-15(11-17(12-16)27-2)23-20(28)25-7-5-24(6-8-25)13-14-3-4-19(22)18(21)9-14/h3-4,9-12H,5-8,13H2,1-2H3,(H,23,28). The first kappa shape index (κ1) is 20.6. The van der Waals surface area contributed by atoms with E-state index in [0.717, 1.165) is 44.0 Å². The molecule has 2 aromatic carbocycles. The van der Waals surface area contributed by atoms with Crippen LogP contribution in [0.25, 0.3) is 0 Å². The molecule has 1 heterocycles. The molecule has 0 aromatic heterocycles. The van der Waals surface area contributed by atoms with Crippen molar-refractivity contribution in [3.63, 3.8) is 0 Å². The second-order valence-electron chi connectivity index (χ2n) is 6.54. The van der Waals surface area contributed by atoms with Gasteiger partial charge in [0.1, 0.15) is 17.3 Å². The van der Waals surface area contributed by atoms with Crippen molar-refractivity contribution in [2.45, 2.75) is 6.54 Å². The zero-order valence-electron chi connectivity index (χ0n) is 15.9. The average molecular weight is 424 g/mol. The Labute approximate surface area is 175 Å². The van der Waals surface area contributed by atoms with Crippen molar-refractivity contribution >= 4 is 34.6 Å². The largest absolute Gasteiger partial charge is 0.497 e. The highest BCUT2D eigenvalue weighted by molar-refractivity contribution is 7.80. The predicted octanol–water partition coefficient (Wildman–Crippen LogP) is 4.01. The summed E-state index contributed by atoms with van der Waals surface area (Å²) >= 11 is 11.4. The Bertz CT molecular complexity index is 822. The van der Waals surface area contributed by atoms with Crippen LogP contribution in [0.4, 0.5) is 10.1 Å². The van der Waals surface area contributed by atoms with Gasteiger partial charge in [-0.05, 0) is 29.9 Å². The Morgan fingerprint density at radius 2 is 1.71 bits per heavy atom. The summed E-state index contributed by atoms with van der Waals surface area (Å²) in [5.74, 6) is 1.01. The first-order valence-electron chi connectivity index (χ1n) is 8.94. The van der Waals surface area contributed by atoms with Gasteiger partial charge in [-0.1, -0.05) is 17.7 Å². The Kier molecular flexibility index (Phi) is 6.93. The summed E-state index contributed by atoms with van der Waals surface area (Å²) in [5, 5.41) is 4.09. The lowest BCUT2D eigenvalue weighted by molar-refractivity contribution is 0.177. The Morgan fingerprint density at radius 3 is 2.29 bits per heavy atom. The molecule has 8 heteroatoms. The minimum atomic E-state index is -0.388. The van der Waals surface area contributed by atoms with Crippen molar-refractivity contribution in [1.82, 2.24) is 9.80 Å². The maximum absolute atomic E-state index is 13.3. The van der Waals surface area contributed by atoms with Gasteiger partial charge in [-0.15, -0.1) is 0 Å². The number of piperazine rings is 1. The molecule has 1 aliphatic rings. The predicted molar refractivity (Wildman–Crippen MR) is 114 cm³/mol. The van der Waals surface area contributed by atoms with Crippen molar-refractivity contribution in [2.24, 2.45) is 0 Å². The Morgan fingerprint density at radius 1 is 1.07 bits per heavy atom. The van der Waals surface area contributed by atoms with E-state index in [1.807, 2.05) is 18.2 Å². The minimum Gasteiger partial charge on any atom is -0.497 e. The van der Waals surface area contributed by atoms with E-state index in [1.54, 1.807) is 26.4 Å². The summed E-state index contributed by atoms with van der Waals surface area (Å²) in [7, 11) is 3.23. The lowest BCUT2D eigenvalue weighted by Gasteiger charge is -2.36. The van der Waals surface area contributed by atoms with E-state index in [0.29, 0.717) is 16.6 Å². The lowest BCUT2D eigenvalue weighted by Crippen LogP contribution is -2.49. The van der Waals surface area contributed by atoms with Gasteiger partial charge in [-0.2, -0.15) is 0 Å². The fourth-order valence-electron chi connectivity index (χ4n) is 3.09. The number of halogens is 2.